The molecule has 0 spiro atoms. The molecule has 3 nitrogen and oxygen atoms in total. The quantitative estimate of drug-likeness (QED) is 0.328. The number of Topliss-reactive ketones (excluding diaryl/α,β-unsaturated/α-hetero) is 1. The van der Waals surface area contributed by atoms with Crippen molar-refractivity contribution in [2.75, 3.05) is 18.1 Å². The second-order valence-corrected chi connectivity index (χ2v) is 4.38. The van der Waals surface area contributed by atoms with Crippen LogP contribution in [0.1, 0.15) is 30.1 Å². The van der Waals surface area contributed by atoms with Gasteiger partial charge in [0.25, 0.3) is 0 Å². The Morgan fingerprint density at radius 3 is 2.76 bits per heavy atom. The predicted molar refractivity (Wildman–Crippen MR) is 76.6 cm³/mol. The number of rotatable bonds is 7. The fraction of sp³-hybridized carbons (Fsp3) is 0.462. The van der Waals surface area contributed by atoms with Gasteiger partial charge in [-0.3, -0.25) is 4.79 Å². The fourth-order valence-corrected chi connectivity index (χ4v) is 1.79. The molecule has 0 saturated carbocycles. The molecule has 0 bridgehead atoms. The van der Waals surface area contributed by atoms with E-state index in [1.807, 2.05) is 0 Å². The summed E-state index contributed by atoms with van der Waals surface area (Å²) < 4.78 is 11.2. The van der Waals surface area contributed by atoms with Gasteiger partial charge in [0.15, 0.2) is 5.78 Å². The maximum absolute atomic E-state index is 11.7. The van der Waals surface area contributed by atoms with Gasteiger partial charge in [0, 0.05) is 6.07 Å². The Bertz CT molecular complexity index is 377. The summed E-state index contributed by atoms with van der Waals surface area (Å²) in [6, 6.07) is 5.32. The van der Waals surface area contributed by atoms with Gasteiger partial charge in [-0.15, -0.1) is 0 Å². The number of carbonyl (C=O) groups is 1. The molecule has 1 aromatic carbocycles. The molecule has 0 aromatic heterocycles. The number of halogens is 1. The molecular formula is C13H17IO3. The molecule has 0 aliphatic heterocycles. The number of methoxy groups -OCH3 is 1. The highest BCUT2D eigenvalue weighted by Gasteiger charge is 2.12. The van der Waals surface area contributed by atoms with Crippen LogP contribution >= 0.6 is 22.6 Å². The van der Waals surface area contributed by atoms with E-state index in [2.05, 4.69) is 29.5 Å². The van der Waals surface area contributed by atoms with Crippen LogP contribution in [0.5, 0.6) is 11.5 Å². The molecular weight excluding hydrogens is 331 g/mol. The number of ether oxygens (including phenoxy) is 2. The van der Waals surface area contributed by atoms with Gasteiger partial charge >= 0.3 is 0 Å². The highest BCUT2D eigenvalue weighted by Crippen LogP contribution is 2.26. The normalized spacial score (nSPS) is 10.1. The first-order valence-corrected chi connectivity index (χ1v) is 7.15. The zero-order chi connectivity index (χ0) is 12.7. The molecule has 0 aliphatic carbocycles. The topological polar surface area (TPSA) is 35.5 Å². The zero-order valence-corrected chi connectivity index (χ0v) is 12.3. The summed E-state index contributed by atoms with van der Waals surface area (Å²) in [6.07, 6.45) is 2.05. The Hall–Kier alpha value is -0.780. The van der Waals surface area contributed by atoms with Gasteiger partial charge in [-0.25, -0.2) is 0 Å². The highest BCUT2D eigenvalue weighted by atomic mass is 127. The van der Waals surface area contributed by atoms with Crippen LogP contribution in [-0.2, 0) is 0 Å². The number of alkyl halides is 1. The van der Waals surface area contributed by atoms with Crippen molar-refractivity contribution in [3.8, 4) is 11.5 Å². The molecule has 94 valence electrons. The van der Waals surface area contributed by atoms with Crippen molar-refractivity contribution in [3.63, 3.8) is 0 Å². The van der Waals surface area contributed by atoms with E-state index >= 15 is 0 Å². The van der Waals surface area contributed by atoms with Crippen LogP contribution in [0.25, 0.3) is 0 Å². The van der Waals surface area contributed by atoms with Gasteiger partial charge in [-0.1, -0.05) is 35.9 Å². The minimum atomic E-state index is 0.0831. The lowest BCUT2D eigenvalue weighted by Gasteiger charge is -2.11. The summed E-state index contributed by atoms with van der Waals surface area (Å²) in [4.78, 5) is 11.7. The molecule has 0 amide bonds. The van der Waals surface area contributed by atoms with E-state index in [4.69, 9.17) is 9.47 Å². The summed E-state index contributed by atoms with van der Waals surface area (Å²) in [5.74, 6) is 1.42. The molecule has 0 N–H and O–H groups in total. The summed E-state index contributed by atoms with van der Waals surface area (Å²) in [7, 11) is 1.60. The van der Waals surface area contributed by atoms with Crippen molar-refractivity contribution in [1.82, 2.24) is 0 Å². The number of carbonyl (C=O) groups excluding carboxylic acids is 1. The van der Waals surface area contributed by atoms with Gasteiger partial charge in [-0.05, 0) is 18.6 Å². The number of benzene rings is 1. The zero-order valence-electron chi connectivity index (χ0n) is 10.2. The maximum atomic E-state index is 11.7. The summed E-state index contributed by atoms with van der Waals surface area (Å²) in [5.41, 5.74) is 0.635. The molecule has 0 fully saturated rings. The molecule has 17 heavy (non-hydrogen) atoms. The first-order chi connectivity index (χ1) is 8.22. The van der Waals surface area contributed by atoms with Crippen LogP contribution in [0.15, 0.2) is 18.2 Å². The van der Waals surface area contributed by atoms with E-state index in [1.165, 1.54) is 0 Å². The molecule has 1 rings (SSSR count). The molecule has 0 unspecified atom stereocenters. The first-order valence-electron chi connectivity index (χ1n) is 5.63. The second kappa shape index (κ2) is 7.53. The van der Waals surface area contributed by atoms with E-state index in [9.17, 15) is 4.79 Å². The maximum Gasteiger partial charge on any atom is 0.176 e. The number of hydrogen-bond donors (Lipinski definition) is 0. The van der Waals surface area contributed by atoms with Crippen LogP contribution in [0.4, 0.5) is 0 Å². The average Bonchev–Trinajstić information content (AvgIpc) is 2.38. The Labute approximate surface area is 116 Å². The van der Waals surface area contributed by atoms with Crippen LogP contribution in [0.3, 0.4) is 0 Å². The number of unbranched alkanes of at least 4 members (excludes halogenated alkanes) is 1. The molecule has 0 radical (unpaired) electrons. The molecule has 0 heterocycles. The van der Waals surface area contributed by atoms with E-state index in [1.54, 1.807) is 25.3 Å². The average molecular weight is 348 g/mol. The predicted octanol–water partition coefficient (Wildman–Crippen LogP) is 3.49. The van der Waals surface area contributed by atoms with Gasteiger partial charge in [0.1, 0.15) is 11.5 Å². The molecule has 0 aliphatic rings. The lowest BCUT2D eigenvalue weighted by Crippen LogP contribution is -2.06. The minimum Gasteiger partial charge on any atom is -0.497 e. The Morgan fingerprint density at radius 2 is 2.18 bits per heavy atom. The van der Waals surface area contributed by atoms with Crippen LogP contribution in [-0.4, -0.2) is 23.9 Å². The molecule has 0 saturated heterocycles. The number of ketones is 1. The van der Waals surface area contributed by atoms with Gasteiger partial charge in [0.2, 0.25) is 0 Å². The third-order valence-electron chi connectivity index (χ3n) is 2.37. The largest absolute Gasteiger partial charge is 0.497 e. The van der Waals surface area contributed by atoms with Gasteiger partial charge in [-0.2, -0.15) is 0 Å². The lowest BCUT2D eigenvalue weighted by molar-refractivity contribution is 0.102. The van der Waals surface area contributed by atoms with Crippen molar-refractivity contribution in [2.24, 2.45) is 0 Å². The lowest BCUT2D eigenvalue weighted by atomic mass is 10.1. The Morgan fingerprint density at radius 1 is 1.41 bits per heavy atom. The van der Waals surface area contributed by atoms with E-state index in [-0.39, 0.29) is 5.78 Å². The third kappa shape index (κ3) is 4.18. The Balaban J connectivity index is 2.90. The summed E-state index contributed by atoms with van der Waals surface area (Å²) in [5, 5.41) is 0. The standard InChI is InChI=1S/C13H17IO3/c1-3-4-7-17-13-8-10(16-2)5-6-11(13)12(15)9-14/h5-6,8H,3-4,7,9H2,1-2H3. The van der Waals surface area contributed by atoms with Gasteiger partial charge < -0.3 is 9.47 Å². The first kappa shape index (κ1) is 14.3. The second-order valence-electron chi connectivity index (χ2n) is 3.62. The van der Waals surface area contributed by atoms with Crippen molar-refractivity contribution >= 4 is 28.4 Å². The van der Waals surface area contributed by atoms with Gasteiger partial charge in [0.05, 0.1) is 23.7 Å². The molecule has 1 aromatic rings. The minimum absolute atomic E-state index is 0.0831. The van der Waals surface area contributed by atoms with Crippen molar-refractivity contribution in [3.05, 3.63) is 23.8 Å². The molecule has 0 atom stereocenters. The van der Waals surface area contributed by atoms with Crippen molar-refractivity contribution < 1.29 is 14.3 Å². The highest BCUT2D eigenvalue weighted by molar-refractivity contribution is 14.1. The molecule has 4 heteroatoms. The third-order valence-corrected chi connectivity index (χ3v) is 3.06. The smallest absolute Gasteiger partial charge is 0.176 e. The monoisotopic (exact) mass is 348 g/mol. The van der Waals surface area contributed by atoms with E-state index in [0.29, 0.717) is 28.1 Å². The fourth-order valence-electron chi connectivity index (χ4n) is 1.38. The van der Waals surface area contributed by atoms with E-state index in [0.717, 1.165) is 12.8 Å². The SMILES string of the molecule is CCCCOc1cc(OC)ccc1C(=O)CI. The summed E-state index contributed by atoms with van der Waals surface area (Å²) in [6.45, 7) is 2.73. The summed E-state index contributed by atoms with van der Waals surface area (Å²) >= 11 is 2.06. The number of hydrogen-bond acceptors (Lipinski definition) is 3. The van der Waals surface area contributed by atoms with Crippen LogP contribution in [0.2, 0.25) is 0 Å². The van der Waals surface area contributed by atoms with Crippen molar-refractivity contribution in [1.29, 1.82) is 0 Å². The Kier molecular flexibility index (Phi) is 6.32. The van der Waals surface area contributed by atoms with Crippen LogP contribution in [0, 0.1) is 0 Å². The van der Waals surface area contributed by atoms with Crippen molar-refractivity contribution in [2.45, 2.75) is 19.8 Å². The van der Waals surface area contributed by atoms with E-state index < -0.39 is 0 Å². The van der Waals surface area contributed by atoms with Crippen LogP contribution < -0.4 is 9.47 Å².